The number of carbonyl (C=O) groups is 2. The minimum Gasteiger partial charge on any atom is -0.479 e. The third-order valence-electron chi connectivity index (χ3n) is 5.11. The van der Waals surface area contributed by atoms with Gasteiger partial charge in [0.1, 0.15) is 12.3 Å². The number of nitrogens with zero attached hydrogens (tertiary/aromatic N) is 2. The second-order valence-corrected chi connectivity index (χ2v) is 6.63. The maximum atomic E-state index is 12.7. The molecule has 3 aliphatic heterocycles. The Balaban J connectivity index is 0.00000169. The lowest BCUT2D eigenvalue weighted by Crippen LogP contribution is -2.49. The number of carbonyl (C=O) groups excluding carboxylic acids is 2. The van der Waals surface area contributed by atoms with Gasteiger partial charge in [0.15, 0.2) is 6.10 Å². The summed E-state index contributed by atoms with van der Waals surface area (Å²) in [5.41, 5.74) is 0.685. The van der Waals surface area contributed by atoms with Gasteiger partial charge in [-0.3, -0.25) is 14.5 Å². The van der Waals surface area contributed by atoms with E-state index >= 15 is 0 Å². The predicted molar refractivity (Wildman–Crippen MR) is 92.6 cm³/mol. The lowest BCUT2D eigenvalue weighted by Gasteiger charge is -2.33. The van der Waals surface area contributed by atoms with Crippen LogP contribution in [0.1, 0.15) is 6.92 Å². The molecule has 3 aliphatic rings. The molecule has 24 heavy (non-hydrogen) atoms. The van der Waals surface area contributed by atoms with Crippen LogP contribution in [0.4, 0.5) is 5.69 Å². The second-order valence-electron chi connectivity index (χ2n) is 6.63. The van der Waals surface area contributed by atoms with E-state index in [1.165, 1.54) is 0 Å². The van der Waals surface area contributed by atoms with Gasteiger partial charge in [-0.25, -0.2) is 0 Å². The zero-order valence-corrected chi connectivity index (χ0v) is 14.4. The maximum Gasteiger partial charge on any atom is 0.268 e. The van der Waals surface area contributed by atoms with Crippen LogP contribution in [0.15, 0.2) is 24.3 Å². The summed E-state index contributed by atoms with van der Waals surface area (Å²) in [4.78, 5) is 28.6. The van der Waals surface area contributed by atoms with E-state index in [0.29, 0.717) is 23.3 Å². The highest BCUT2D eigenvalue weighted by Crippen LogP contribution is 2.34. The van der Waals surface area contributed by atoms with Crippen molar-refractivity contribution < 1.29 is 14.3 Å². The summed E-state index contributed by atoms with van der Waals surface area (Å²) in [6.07, 6.45) is -0.556. The summed E-state index contributed by atoms with van der Waals surface area (Å²) in [7, 11) is 0. The molecule has 0 bridgehead atoms. The van der Waals surface area contributed by atoms with E-state index in [9.17, 15) is 9.59 Å². The molecule has 1 N–H and O–H groups in total. The minimum absolute atomic E-state index is 0. The summed E-state index contributed by atoms with van der Waals surface area (Å²) in [6.45, 7) is 5.39. The van der Waals surface area contributed by atoms with Crippen molar-refractivity contribution in [2.75, 3.05) is 37.6 Å². The molecule has 0 aliphatic carbocycles. The standard InChI is InChI=1S/C17H21N3O3.ClH/c1-11-17(22)20(14-4-2-3-5-15(14)23-11)10-16(21)19-8-12-6-18-7-13(12)9-19;/h2-5,11-13,18H,6-10H2,1H3;1H/t11?,12-,13+;. The Hall–Kier alpha value is -1.79. The topological polar surface area (TPSA) is 61.9 Å². The molecule has 3 heterocycles. The molecule has 2 saturated heterocycles. The van der Waals surface area contributed by atoms with Crippen LogP contribution in [-0.4, -0.2) is 55.5 Å². The fraction of sp³-hybridized carbons (Fsp3) is 0.529. The van der Waals surface area contributed by atoms with Gasteiger partial charge in [0.2, 0.25) is 5.91 Å². The summed E-state index contributed by atoms with van der Waals surface area (Å²) < 4.78 is 5.62. The lowest BCUT2D eigenvalue weighted by atomic mass is 10.0. The maximum absolute atomic E-state index is 12.7. The molecule has 2 amide bonds. The molecule has 1 aromatic rings. The highest BCUT2D eigenvalue weighted by molar-refractivity contribution is 6.03. The van der Waals surface area contributed by atoms with Gasteiger partial charge in [0.25, 0.3) is 5.91 Å². The highest BCUT2D eigenvalue weighted by Gasteiger charge is 2.40. The smallest absolute Gasteiger partial charge is 0.268 e. The van der Waals surface area contributed by atoms with Gasteiger partial charge in [-0.15, -0.1) is 12.4 Å². The molecule has 0 aromatic heterocycles. The van der Waals surface area contributed by atoms with Gasteiger partial charge in [0, 0.05) is 26.2 Å². The second kappa shape index (κ2) is 6.61. The minimum atomic E-state index is -0.556. The number of amides is 2. The fourth-order valence-electron chi connectivity index (χ4n) is 3.82. The molecule has 1 aromatic carbocycles. The largest absolute Gasteiger partial charge is 0.479 e. The average molecular weight is 352 g/mol. The third kappa shape index (κ3) is 2.84. The number of anilines is 1. The number of rotatable bonds is 2. The predicted octanol–water partition coefficient (Wildman–Crippen LogP) is 0.900. The number of ether oxygens (including phenoxy) is 1. The Morgan fingerprint density at radius 1 is 1.25 bits per heavy atom. The fourth-order valence-corrected chi connectivity index (χ4v) is 3.82. The van der Waals surface area contributed by atoms with Crippen molar-refractivity contribution in [3.63, 3.8) is 0 Å². The Bertz CT molecular complexity index is 642. The number of hydrogen-bond donors (Lipinski definition) is 1. The monoisotopic (exact) mass is 351 g/mol. The van der Waals surface area contributed by atoms with Crippen molar-refractivity contribution in [3.05, 3.63) is 24.3 Å². The van der Waals surface area contributed by atoms with Crippen LogP contribution >= 0.6 is 12.4 Å². The molecule has 2 fully saturated rings. The van der Waals surface area contributed by atoms with Crippen molar-refractivity contribution in [2.24, 2.45) is 11.8 Å². The number of nitrogens with one attached hydrogen (secondary N) is 1. The number of benzene rings is 1. The van der Waals surface area contributed by atoms with Crippen molar-refractivity contribution in [1.29, 1.82) is 0 Å². The molecule has 3 atom stereocenters. The molecular formula is C17H22ClN3O3. The Labute approximate surface area is 147 Å². The quantitative estimate of drug-likeness (QED) is 0.860. The average Bonchev–Trinajstić information content (AvgIpc) is 3.13. The van der Waals surface area contributed by atoms with Crippen LogP contribution in [0.3, 0.4) is 0 Å². The summed E-state index contributed by atoms with van der Waals surface area (Å²) >= 11 is 0. The van der Waals surface area contributed by atoms with Crippen molar-refractivity contribution in [1.82, 2.24) is 10.2 Å². The summed E-state index contributed by atoms with van der Waals surface area (Å²) in [5.74, 6) is 1.65. The van der Waals surface area contributed by atoms with Gasteiger partial charge in [0.05, 0.1) is 5.69 Å². The van der Waals surface area contributed by atoms with Crippen LogP contribution in [0, 0.1) is 11.8 Å². The molecule has 4 rings (SSSR count). The number of fused-ring (bicyclic) bond motifs is 2. The highest BCUT2D eigenvalue weighted by atomic mass is 35.5. The van der Waals surface area contributed by atoms with E-state index in [1.807, 2.05) is 29.2 Å². The lowest BCUT2D eigenvalue weighted by molar-refractivity contribution is -0.132. The van der Waals surface area contributed by atoms with Crippen LogP contribution < -0.4 is 15.0 Å². The van der Waals surface area contributed by atoms with Crippen molar-refractivity contribution in [3.8, 4) is 5.75 Å². The van der Waals surface area contributed by atoms with Crippen LogP contribution in [0.2, 0.25) is 0 Å². The van der Waals surface area contributed by atoms with Gasteiger partial charge < -0.3 is 15.0 Å². The van der Waals surface area contributed by atoms with Crippen LogP contribution in [-0.2, 0) is 9.59 Å². The van der Waals surface area contributed by atoms with Crippen LogP contribution in [0.25, 0.3) is 0 Å². The Morgan fingerprint density at radius 2 is 1.92 bits per heavy atom. The first-order chi connectivity index (χ1) is 11.1. The molecule has 0 saturated carbocycles. The van der Waals surface area contributed by atoms with E-state index in [4.69, 9.17) is 4.74 Å². The van der Waals surface area contributed by atoms with E-state index < -0.39 is 6.10 Å². The first-order valence-corrected chi connectivity index (χ1v) is 8.19. The molecular weight excluding hydrogens is 330 g/mol. The Morgan fingerprint density at radius 3 is 2.62 bits per heavy atom. The van der Waals surface area contributed by atoms with E-state index in [-0.39, 0.29) is 30.8 Å². The molecule has 1 unspecified atom stereocenters. The summed E-state index contributed by atoms with van der Waals surface area (Å²) in [5, 5.41) is 3.37. The van der Waals surface area contributed by atoms with Gasteiger partial charge in [-0.05, 0) is 30.9 Å². The van der Waals surface area contributed by atoms with Crippen molar-refractivity contribution >= 4 is 29.9 Å². The van der Waals surface area contributed by atoms with E-state index in [1.54, 1.807) is 11.8 Å². The molecule has 6 nitrogen and oxygen atoms in total. The number of halogens is 1. The molecule has 130 valence electrons. The molecule has 0 radical (unpaired) electrons. The zero-order valence-electron chi connectivity index (χ0n) is 13.6. The van der Waals surface area contributed by atoms with Gasteiger partial charge in [-0.1, -0.05) is 12.1 Å². The summed E-state index contributed by atoms with van der Waals surface area (Å²) in [6, 6.07) is 7.39. The molecule has 7 heteroatoms. The van der Waals surface area contributed by atoms with Gasteiger partial charge >= 0.3 is 0 Å². The van der Waals surface area contributed by atoms with Crippen molar-refractivity contribution in [2.45, 2.75) is 13.0 Å². The first kappa shape index (κ1) is 17.0. The number of hydrogen-bond acceptors (Lipinski definition) is 4. The van der Waals surface area contributed by atoms with E-state index in [0.717, 1.165) is 26.2 Å². The molecule has 0 spiro atoms. The number of para-hydroxylation sites is 2. The SMILES string of the molecule is CC1Oc2ccccc2N(CC(=O)N2C[C@H]3CNC[C@H]3C2)C1=O.Cl. The van der Waals surface area contributed by atoms with E-state index in [2.05, 4.69) is 5.32 Å². The normalized spacial score (nSPS) is 28.0. The third-order valence-corrected chi connectivity index (χ3v) is 5.11. The number of likely N-dealkylation sites (tertiary alicyclic amines) is 1. The first-order valence-electron chi connectivity index (χ1n) is 8.19. The van der Waals surface area contributed by atoms with Gasteiger partial charge in [-0.2, -0.15) is 0 Å². The Kier molecular flexibility index (Phi) is 4.69. The van der Waals surface area contributed by atoms with Crippen LogP contribution in [0.5, 0.6) is 5.75 Å². The zero-order chi connectivity index (χ0) is 16.0.